The van der Waals surface area contributed by atoms with Gasteiger partial charge in [-0.05, 0) is 70.6 Å². The number of nitrogens with one attached hydrogen (secondary N) is 1. The molecule has 0 saturated carbocycles. The first kappa shape index (κ1) is 82.0. The number of carbonyl (C=O) groups is 1. The number of allylic oxidation sites excluding steroid dienone is 7. The minimum Gasteiger partial charge on any atom is -0.394 e. The van der Waals surface area contributed by atoms with Crippen molar-refractivity contribution in [3.63, 3.8) is 0 Å². The highest BCUT2D eigenvalue weighted by atomic mass is 16.8. The van der Waals surface area contributed by atoms with Crippen molar-refractivity contribution in [2.24, 2.45) is 0 Å². The van der Waals surface area contributed by atoms with Crippen LogP contribution >= 0.6 is 0 Å². The van der Waals surface area contributed by atoms with Crippen molar-refractivity contribution in [1.29, 1.82) is 0 Å². The van der Waals surface area contributed by atoms with E-state index in [9.17, 15) is 61.0 Å². The molecule has 19 heteroatoms. The highest BCUT2D eigenvalue weighted by Crippen LogP contribution is 2.33. The molecular formula is C71H129NO18. The highest BCUT2D eigenvalue weighted by Gasteiger charge is 2.53. The van der Waals surface area contributed by atoms with E-state index in [1.54, 1.807) is 6.08 Å². The predicted octanol–water partition coefficient (Wildman–Crippen LogP) is 9.78. The van der Waals surface area contributed by atoms with Crippen molar-refractivity contribution in [3.8, 4) is 0 Å². The van der Waals surface area contributed by atoms with Gasteiger partial charge >= 0.3 is 0 Å². The van der Waals surface area contributed by atoms with E-state index in [4.69, 9.17) is 28.4 Å². The second kappa shape index (κ2) is 53.0. The summed E-state index contributed by atoms with van der Waals surface area (Å²) in [6.45, 7) is 1.73. The van der Waals surface area contributed by atoms with Crippen LogP contribution in [0, 0.1) is 0 Å². The number of amides is 1. The van der Waals surface area contributed by atoms with Gasteiger partial charge in [0.1, 0.15) is 73.2 Å². The third-order valence-corrected chi connectivity index (χ3v) is 17.8. The van der Waals surface area contributed by atoms with E-state index in [-0.39, 0.29) is 18.9 Å². The van der Waals surface area contributed by atoms with Crippen LogP contribution in [-0.4, -0.2) is 193 Å². The Balaban J connectivity index is 1.46. The van der Waals surface area contributed by atoms with Crippen molar-refractivity contribution in [2.75, 3.05) is 26.4 Å². The number of hydrogen-bond donors (Lipinski definition) is 12. The largest absolute Gasteiger partial charge is 0.394 e. The Morgan fingerprint density at radius 3 is 1.11 bits per heavy atom. The van der Waals surface area contributed by atoms with Crippen LogP contribution in [-0.2, 0) is 33.2 Å². The molecule has 1 amide bonds. The topological polar surface area (TPSA) is 307 Å². The Morgan fingerprint density at radius 2 is 0.711 bits per heavy atom. The molecule has 0 bridgehead atoms. The summed E-state index contributed by atoms with van der Waals surface area (Å²) in [4.78, 5) is 13.4. The van der Waals surface area contributed by atoms with Crippen LogP contribution in [0.5, 0.6) is 0 Å². The summed E-state index contributed by atoms with van der Waals surface area (Å²) in [5.41, 5.74) is 0. The standard InChI is InChI=1S/C71H129NO18/c1-3-5-7-9-11-13-15-17-19-21-23-25-26-27-29-30-32-34-36-38-40-42-44-46-48-55(76)54(72-59(77)49-47-45-43-41-39-37-35-33-31-28-24-22-20-18-16-14-12-10-8-6-4-2)53-85-69-65(83)62(80)67(57(51-74)87-69)90-71-66(84)63(81)68(58(52-75)88-71)89-70-64(82)61(79)60(78)56(50-73)86-70/h22,24,30,32,38,40,46,48,54-58,60-71,73-76,78-84H,3-21,23,25-29,31,33-37,39,41-45,47,49-53H2,1-2H3,(H,72,77)/b24-22-,32-30+,40-38+,48-46+. The number of hydrogen-bond acceptors (Lipinski definition) is 18. The van der Waals surface area contributed by atoms with Gasteiger partial charge in [0.2, 0.25) is 5.91 Å². The summed E-state index contributed by atoms with van der Waals surface area (Å²) in [5, 5.41) is 121. The maximum Gasteiger partial charge on any atom is 0.220 e. The van der Waals surface area contributed by atoms with Crippen LogP contribution in [0.25, 0.3) is 0 Å². The fraction of sp³-hybridized carbons (Fsp3) is 0.873. The van der Waals surface area contributed by atoms with Crippen molar-refractivity contribution >= 4 is 5.91 Å². The van der Waals surface area contributed by atoms with Gasteiger partial charge in [0.15, 0.2) is 18.9 Å². The summed E-state index contributed by atoms with van der Waals surface area (Å²) in [7, 11) is 0. The van der Waals surface area contributed by atoms with Gasteiger partial charge in [-0.1, -0.05) is 236 Å². The van der Waals surface area contributed by atoms with Gasteiger partial charge < -0.3 is 89.9 Å². The molecular weight excluding hydrogens is 1150 g/mol. The molecule has 17 unspecified atom stereocenters. The average molecular weight is 1280 g/mol. The van der Waals surface area contributed by atoms with Crippen LogP contribution < -0.4 is 5.32 Å². The molecule has 0 spiro atoms. The minimum atomic E-state index is -1.98. The molecule has 17 atom stereocenters. The van der Waals surface area contributed by atoms with Crippen LogP contribution in [0.15, 0.2) is 48.6 Å². The van der Waals surface area contributed by atoms with Crippen molar-refractivity contribution in [1.82, 2.24) is 5.32 Å². The van der Waals surface area contributed by atoms with Gasteiger partial charge in [0, 0.05) is 6.42 Å². The van der Waals surface area contributed by atoms with Gasteiger partial charge in [0.05, 0.1) is 38.6 Å². The predicted molar refractivity (Wildman–Crippen MR) is 351 cm³/mol. The molecule has 0 aromatic carbocycles. The van der Waals surface area contributed by atoms with E-state index in [0.29, 0.717) is 12.8 Å². The quantitative estimate of drug-likeness (QED) is 0.0199. The van der Waals surface area contributed by atoms with Crippen LogP contribution in [0.1, 0.15) is 264 Å². The van der Waals surface area contributed by atoms with Crippen molar-refractivity contribution in [2.45, 2.75) is 369 Å². The Labute approximate surface area is 542 Å². The molecule has 12 N–H and O–H groups in total. The first-order valence-electron chi connectivity index (χ1n) is 35.9. The number of rotatable bonds is 55. The molecule has 3 aliphatic heterocycles. The van der Waals surface area contributed by atoms with E-state index >= 15 is 0 Å². The van der Waals surface area contributed by atoms with Crippen LogP contribution in [0.4, 0.5) is 0 Å². The summed E-state index contributed by atoms with van der Waals surface area (Å²) in [5.74, 6) is -0.290. The smallest absolute Gasteiger partial charge is 0.220 e. The average Bonchev–Trinajstić information content (AvgIpc) is 0.853. The Bertz CT molecular complexity index is 1820. The zero-order valence-corrected chi connectivity index (χ0v) is 55.6. The monoisotopic (exact) mass is 1280 g/mol. The minimum absolute atomic E-state index is 0.230. The van der Waals surface area contributed by atoms with Crippen LogP contribution in [0.3, 0.4) is 0 Å². The Morgan fingerprint density at radius 1 is 0.389 bits per heavy atom. The molecule has 526 valence electrons. The molecule has 0 aromatic heterocycles. The lowest BCUT2D eigenvalue weighted by molar-refractivity contribution is -0.379. The summed E-state index contributed by atoms with van der Waals surface area (Å²) < 4.78 is 34.3. The van der Waals surface area contributed by atoms with E-state index in [1.165, 1.54) is 173 Å². The van der Waals surface area contributed by atoms with E-state index in [2.05, 4.69) is 55.6 Å². The Kier molecular flexibility index (Phi) is 48.2. The molecule has 3 heterocycles. The molecule has 3 saturated heterocycles. The molecule has 90 heavy (non-hydrogen) atoms. The molecule has 3 aliphatic rings. The summed E-state index contributed by atoms with van der Waals surface area (Å²) in [6, 6.07) is -0.999. The van der Waals surface area contributed by atoms with E-state index < -0.39 is 124 Å². The van der Waals surface area contributed by atoms with Crippen molar-refractivity contribution in [3.05, 3.63) is 48.6 Å². The normalized spacial score (nSPS) is 28.3. The number of aliphatic hydroxyl groups is 11. The third-order valence-electron chi connectivity index (χ3n) is 17.8. The number of carbonyl (C=O) groups excluding carboxylic acids is 1. The van der Waals surface area contributed by atoms with Crippen molar-refractivity contribution < 1.29 is 89.4 Å². The van der Waals surface area contributed by atoms with E-state index in [1.807, 2.05) is 6.08 Å². The fourth-order valence-electron chi connectivity index (χ4n) is 12.0. The molecule has 19 nitrogen and oxygen atoms in total. The zero-order valence-electron chi connectivity index (χ0n) is 55.6. The maximum absolute atomic E-state index is 13.4. The van der Waals surface area contributed by atoms with E-state index in [0.717, 1.165) is 57.8 Å². The van der Waals surface area contributed by atoms with Crippen LogP contribution in [0.2, 0.25) is 0 Å². The molecule has 3 rings (SSSR count). The number of aliphatic hydroxyl groups excluding tert-OH is 11. The summed E-state index contributed by atoms with van der Waals surface area (Å²) in [6.07, 6.45) is 36.6. The van der Waals surface area contributed by atoms with Gasteiger partial charge in [-0.15, -0.1) is 0 Å². The molecule has 3 fully saturated rings. The molecule has 0 aliphatic carbocycles. The lowest BCUT2D eigenvalue weighted by Gasteiger charge is -2.48. The van der Waals surface area contributed by atoms with Gasteiger partial charge in [-0.2, -0.15) is 0 Å². The zero-order chi connectivity index (χ0) is 65.4. The SMILES string of the molecule is CCCCCCCCCC/C=C\CCCCCCCCCCCC(=O)NC(COC1OC(CO)C(OC2OC(CO)C(OC3OC(CO)C(O)C(O)C3O)C(O)C2O)C(O)C1O)C(O)/C=C/CC/C=C/CC/C=C/CCCCCCCCCCCCCCCC. The molecule has 0 aromatic rings. The summed E-state index contributed by atoms with van der Waals surface area (Å²) >= 11 is 0. The Hall–Kier alpha value is -2.25. The number of ether oxygens (including phenoxy) is 6. The maximum atomic E-state index is 13.4. The van der Waals surface area contributed by atoms with Gasteiger partial charge in [0.25, 0.3) is 0 Å². The first-order valence-corrected chi connectivity index (χ1v) is 35.9. The first-order chi connectivity index (χ1) is 43.8. The second-order valence-corrected chi connectivity index (χ2v) is 25.7. The van der Waals surface area contributed by atoms with Gasteiger partial charge in [-0.3, -0.25) is 4.79 Å². The highest BCUT2D eigenvalue weighted by molar-refractivity contribution is 5.76. The lowest BCUT2D eigenvalue weighted by atomic mass is 9.96. The molecule has 0 radical (unpaired) electrons. The number of unbranched alkanes of at least 4 members (excludes halogenated alkanes) is 33. The third kappa shape index (κ3) is 34.4. The second-order valence-electron chi connectivity index (χ2n) is 25.7. The lowest BCUT2D eigenvalue weighted by Crippen LogP contribution is -2.66. The fourth-order valence-corrected chi connectivity index (χ4v) is 12.0. The van der Waals surface area contributed by atoms with Gasteiger partial charge in [-0.25, -0.2) is 0 Å².